The topological polar surface area (TPSA) is 55.6 Å². The Kier molecular flexibility index (Phi) is 5.14. The minimum Gasteiger partial charge on any atom is -0.496 e. The molecule has 0 aliphatic carbocycles. The lowest BCUT2D eigenvalue weighted by Crippen LogP contribution is -2.08. The van der Waals surface area contributed by atoms with E-state index in [4.69, 9.17) is 4.74 Å². The average molecular weight is 425 g/mol. The van der Waals surface area contributed by atoms with Crippen molar-refractivity contribution in [3.05, 3.63) is 72.6 Å². The summed E-state index contributed by atoms with van der Waals surface area (Å²) in [6, 6.07) is 14.2. The predicted octanol–water partition coefficient (Wildman–Crippen LogP) is 5.65. The van der Waals surface area contributed by atoms with Crippen molar-refractivity contribution in [1.29, 1.82) is 0 Å². The Labute approximate surface area is 176 Å². The van der Waals surface area contributed by atoms with E-state index in [9.17, 15) is 18.0 Å². The molecular formula is C23H18F3N3O2. The number of aromatic nitrogens is 2. The fourth-order valence-corrected chi connectivity index (χ4v) is 3.47. The lowest BCUT2D eigenvalue weighted by molar-refractivity contribution is -0.137. The third-order valence-electron chi connectivity index (χ3n) is 4.82. The number of carbonyl (C=O) groups is 1. The van der Waals surface area contributed by atoms with Gasteiger partial charge in [-0.15, -0.1) is 0 Å². The second-order valence-electron chi connectivity index (χ2n) is 6.94. The smallest absolute Gasteiger partial charge is 0.416 e. The number of alkyl halides is 3. The van der Waals surface area contributed by atoms with Crippen LogP contribution in [0, 0.1) is 0 Å². The van der Waals surface area contributed by atoms with Crippen molar-refractivity contribution >= 4 is 17.2 Å². The largest absolute Gasteiger partial charge is 0.496 e. The second-order valence-corrected chi connectivity index (χ2v) is 6.94. The molecule has 0 radical (unpaired) electrons. The predicted molar refractivity (Wildman–Crippen MR) is 112 cm³/mol. The maximum atomic E-state index is 13.2. The van der Waals surface area contributed by atoms with Crippen molar-refractivity contribution in [1.82, 2.24) is 9.38 Å². The summed E-state index contributed by atoms with van der Waals surface area (Å²) in [4.78, 5) is 16.1. The Hall–Kier alpha value is -3.81. The first-order valence-corrected chi connectivity index (χ1v) is 9.37. The molecule has 0 bridgehead atoms. The summed E-state index contributed by atoms with van der Waals surface area (Å²) >= 11 is 0. The third kappa shape index (κ3) is 3.96. The van der Waals surface area contributed by atoms with Crippen LogP contribution < -0.4 is 10.1 Å². The molecule has 0 saturated carbocycles. The van der Waals surface area contributed by atoms with Gasteiger partial charge in [-0.3, -0.25) is 9.20 Å². The summed E-state index contributed by atoms with van der Waals surface area (Å²) in [5.74, 6) is 0.332. The highest BCUT2D eigenvalue weighted by atomic mass is 19.4. The standard InChI is InChI=1S/C23H18F3N3O2/c1-14(30)28-19-11-16(18-8-3-4-9-21(18)31-2)13-29-20(12-27-22(19)29)15-6-5-7-17(10-15)23(24,25)26/h3-13H,1-2H3,(H,28,30). The number of para-hydroxylation sites is 1. The summed E-state index contributed by atoms with van der Waals surface area (Å²) in [7, 11) is 1.55. The van der Waals surface area contributed by atoms with E-state index < -0.39 is 11.7 Å². The van der Waals surface area contributed by atoms with E-state index in [2.05, 4.69) is 10.3 Å². The SMILES string of the molecule is COc1ccccc1-c1cc(NC(C)=O)c2ncc(-c3cccc(C(F)(F)F)c3)n2c1. The van der Waals surface area contributed by atoms with Gasteiger partial charge >= 0.3 is 6.18 Å². The van der Waals surface area contributed by atoms with Gasteiger partial charge < -0.3 is 10.1 Å². The second kappa shape index (κ2) is 7.79. The van der Waals surface area contributed by atoms with Crippen LogP contribution in [0.4, 0.5) is 18.9 Å². The molecule has 2 aromatic carbocycles. The van der Waals surface area contributed by atoms with Crippen LogP contribution in [0.15, 0.2) is 67.0 Å². The minimum atomic E-state index is -4.46. The molecule has 0 saturated heterocycles. The molecular weight excluding hydrogens is 407 g/mol. The first-order valence-electron chi connectivity index (χ1n) is 9.37. The lowest BCUT2D eigenvalue weighted by atomic mass is 10.1. The minimum absolute atomic E-state index is 0.289. The van der Waals surface area contributed by atoms with Gasteiger partial charge in [-0.2, -0.15) is 13.2 Å². The van der Waals surface area contributed by atoms with Crippen molar-refractivity contribution in [2.75, 3.05) is 12.4 Å². The number of anilines is 1. The summed E-state index contributed by atoms with van der Waals surface area (Å²) in [5, 5.41) is 2.75. The molecule has 1 amide bonds. The zero-order chi connectivity index (χ0) is 22.2. The van der Waals surface area contributed by atoms with Crippen LogP contribution in [-0.4, -0.2) is 22.4 Å². The number of halogens is 3. The number of nitrogens with zero attached hydrogens (tertiary/aromatic N) is 2. The van der Waals surface area contributed by atoms with Gasteiger partial charge in [-0.25, -0.2) is 4.98 Å². The van der Waals surface area contributed by atoms with Gasteiger partial charge in [-0.1, -0.05) is 30.3 Å². The van der Waals surface area contributed by atoms with Crippen molar-refractivity contribution in [2.45, 2.75) is 13.1 Å². The number of rotatable bonds is 4. The number of fused-ring (bicyclic) bond motifs is 1. The highest BCUT2D eigenvalue weighted by Crippen LogP contribution is 2.36. The van der Waals surface area contributed by atoms with E-state index in [1.807, 2.05) is 18.2 Å². The van der Waals surface area contributed by atoms with Crippen LogP contribution in [0.25, 0.3) is 28.0 Å². The molecule has 4 rings (SSSR count). The molecule has 0 aliphatic heterocycles. The number of ether oxygens (including phenoxy) is 1. The number of methoxy groups -OCH3 is 1. The van der Waals surface area contributed by atoms with Gasteiger partial charge in [0.15, 0.2) is 5.65 Å². The van der Waals surface area contributed by atoms with Crippen LogP contribution in [0.5, 0.6) is 5.75 Å². The van der Waals surface area contributed by atoms with Gasteiger partial charge in [0.05, 0.1) is 30.3 Å². The molecule has 31 heavy (non-hydrogen) atoms. The summed E-state index contributed by atoms with van der Waals surface area (Å²) in [6.07, 6.45) is -1.20. The molecule has 8 heteroatoms. The highest BCUT2D eigenvalue weighted by molar-refractivity contribution is 5.94. The van der Waals surface area contributed by atoms with Gasteiger partial charge in [0.25, 0.3) is 0 Å². The third-order valence-corrected chi connectivity index (χ3v) is 4.82. The van der Waals surface area contributed by atoms with E-state index in [1.165, 1.54) is 19.2 Å². The number of nitrogens with one attached hydrogen (secondary N) is 1. The van der Waals surface area contributed by atoms with Crippen LogP contribution in [-0.2, 0) is 11.0 Å². The van der Waals surface area contributed by atoms with Crippen molar-refractivity contribution in [3.63, 3.8) is 0 Å². The number of hydrogen-bond acceptors (Lipinski definition) is 3. The lowest BCUT2D eigenvalue weighted by Gasteiger charge is -2.13. The molecule has 0 aliphatic rings. The number of hydrogen-bond donors (Lipinski definition) is 1. The van der Waals surface area contributed by atoms with E-state index in [0.717, 1.165) is 17.7 Å². The molecule has 1 N–H and O–H groups in total. The normalized spacial score (nSPS) is 11.5. The Morgan fingerprint density at radius 2 is 1.84 bits per heavy atom. The number of imidazole rings is 1. The number of pyridine rings is 1. The van der Waals surface area contributed by atoms with E-state index in [1.54, 1.807) is 35.9 Å². The molecule has 0 unspecified atom stereocenters. The fraction of sp³-hybridized carbons (Fsp3) is 0.130. The Bertz CT molecular complexity index is 1280. The zero-order valence-electron chi connectivity index (χ0n) is 16.7. The number of carbonyl (C=O) groups excluding carboxylic acids is 1. The summed E-state index contributed by atoms with van der Waals surface area (Å²) < 4.78 is 46.8. The fourth-order valence-electron chi connectivity index (χ4n) is 3.47. The average Bonchev–Trinajstić information content (AvgIpc) is 3.17. The number of benzene rings is 2. The quantitative estimate of drug-likeness (QED) is 0.459. The molecule has 0 spiro atoms. The summed E-state index contributed by atoms with van der Waals surface area (Å²) in [6.45, 7) is 1.38. The molecule has 0 fully saturated rings. The molecule has 5 nitrogen and oxygen atoms in total. The van der Waals surface area contributed by atoms with Gasteiger partial charge in [-0.05, 0) is 24.3 Å². The van der Waals surface area contributed by atoms with Crippen LogP contribution in [0.3, 0.4) is 0 Å². The Balaban J connectivity index is 1.96. The van der Waals surface area contributed by atoms with Crippen molar-refractivity contribution in [3.8, 4) is 28.1 Å². The maximum absolute atomic E-state index is 13.2. The Morgan fingerprint density at radius 3 is 2.55 bits per heavy atom. The molecule has 2 heterocycles. The van der Waals surface area contributed by atoms with Crippen LogP contribution in [0.1, 0.15) is 12.5 Å². The first-order chi connectivity index (χ1) is 14.8. The zero-order valence-corrected chi connectivity index (χ0v) is 16.7. The monoisotopic (exact) mass is 425 g/mol. The van der Waals surface area contributed by atoms with Gasteiger partial charge in [0.1, 0.15) is 5.75 Å². The molecule has 158 valence electrons. The molecule has 0 atom stereocenters. The summed E-state index contributed by atoms with van der Waals surface area (Å²) in [5.41, 5.74) is 2.40. The highest BCUT2D eigenvalue weighted by Gasteiger charge is 2.30. The number of amides is 1. The molecule has 2 aromatic heterocycles. The van der Waals surface area contributed by atoms with E-state index >= 15 is 0 Å². The maximum Gasteiger partial charge on any atom is 0.416 e. The Morgan fingerprint density at radius 1 is 1.06 bits per heavy atom. The van der Waals surface area contributed by atoms with Crippen molar-refractivity contribution < 1.29 is 22.7 Å². The van der Waals surface area contributed by atoms with Crippen molar-refractivity contribution in [2.24, 2.45) is 0 Å². The van der Waals surface area contributed by atoms with Crippen LogP contribution in [0.2, 0.25) is 0 Å². The van der Waals surface area contributed by atoms with Gasteiger partial charge in [0, 0.05) is 29.8 Å². The molecule has 4 aromatic rings. The van der Waals surface area contributed by atoms with Crippen LogP contribution >= 0.6 is 0 Å². The van der Waals surface area contributed by atoms with E-state index in [0.29, 0.717) is 33.9 Å². The first kappa shape index (κ1) is 20.5. The van der Waals surface area contributed by atoms with Gasteiger partial charge in [0.2, 0.25) is 5.91 Å². The van der Waals surface area contributed by atoms with E-state index in [-0.39, 0.29) is 5.91 Å².